The number of nitrogens with zero attached hydrogens (tertiary/aromatic N) is 2. The van der Waals surface area contributed by atoms with Gasteiger partial charge < -0.3 is 25.4 Å². The van der Waals surface area contributed by atoms with Gasteiger partial charge in [-0.05, 0) is 73.4 Å². The van der Waals surface area contributed by atoms with Crippen molar-refractivity contribution >= 4 is 17.7 Å². The molecule has 9 heteroatoms. The third-order valence-corrected chi connectivity index (χ3v) is 9.83. The van der Waals surface area contributed by atoms with Crippen LogP contribution in [-0.4, -0.2) is 77.0 Å². The maximum atomic E-state index is 13.8. The van der Waals surface area contributed by atoms with E-state index >= 15 is 0 Å². The van der Waals surface area contributed by atoms with Crippen LogP contribution in [0.3, 0.4) is 0 Å². The number of carbonyl (C=O) groups is 3. The van der Waals surface area contributed by atoms with Crippen LogP contribution in [-0.2, 0) is 22.7 Å². The van der Waals surface area contributed by atoms with E-state index in [9.17, 15) is 19.5 Å². The molecule has 2 aliphatic heterocycles. The second-order valence-corrected chi connectivity index (χ2v) is 12.7. The number of hydrogen-bond acceptors (Lipinski definition) is 6. The molecule has 3 aliphatic rings. The van der Waals surface area contributed by atoms with E-state index in [1.807, 2.05) is 29.2 Å². The molecule has 3 N–H and O–H groups in total. The highest BCUT2D eigenvalue weighted by Crippen LogP contribution is 2.36. The number of aliphatic hydroxyl groups excluding tert-OH is 1. The van der Waals surface area contributed by atoms with E-state index in [-0.39, 0.29) is 23.6 Å². The molecule has 2 aromatic rings. The van der Waals surface area contributed by atoms with Gasteiger partial charge in [0.15, 0.2) is 0 Å². The van der Waals surface area contributed by atoms with Crippen molar-refractivity contribution in [2.24, 2.45) is 5.92 Å². The number of amides is 3. The molecule has 2 atom stereocenters. The summed E-state index contributed by atoms with van der Waals surface area (Å²) in [5, 5.41) is 16.8. The molecule has 1 saturated carbocycles. The van der Waals surface area contributed by atoms with Gasteiger partial charge in [-0.1, -0.05) is 56.9 Å². The molecule has 44 heavy (non-hydrogen) atoms. The lowest BCUT2D eigenvalue weighted by atomic mass is 9.78. The Balaban J connectivity index is 1.16. The summed E-state index contributed by atoms with van der Waals surface area (Å²) < 4.78 is 5.95. The standard InChI is InChI=1S/C35H48N4O5/c1-3-4-20-39-33(42)30(31(40)27-8-6-5-7-9-27)37-34(43)35(39)18-21-38(22-19-35)23-25-12-16-29(17-13-25)44-24-26-10-14-28(15-11-26)32(41)36-2/h10-17,27,30-31,40H,3-9,18-24H2,1-2H3,(H,36,41)(H,37,43)/t30-,31-/m1/s1. The number of piperidine rings is 1. The minimum atomic E-state index is -0.845. The number of carbonyl (C=O) groups excluding carboxylic acids is 3. The topological polar surface area (TPSA) is 111 Å². The molecule has 0 aromatic heterocycles. The van der Waals surface area contributed by atoms with Gasteiger partial charge in [-0.25, -0.2) is 0 Å². The van der Waals surface area contributed by atoms with Crippen LogP contribution < -0.4 is 15.4 Å². The van der Waals surface area contributed by atoms with Gasteiger partial charge in [0.2, 0.25) is 11.8 Å². The first-order valence-corrected chi connectivity index (χ1v) is 16.4. The number of benzene rings is 2. The average Bonchev–Trinajstić information content (AvgIpc) is 3.07. The molecule has 9 nitrogen and oxygen atoms in total. The summed E-state index contributed by atoms with van der Waals surface area (Å²) in [4.78, 5) is 43.5. The molecule has 2 saturated heterocycles. The SMILES string of the molecule is CCCCN1C(=O)[C@@H]([C@H](O)C2CCCCC2)NC(=O)C12CCN(Cc1ccc(OCc3ccc(C(=O)NC)cc3)cc1)CC2. The van der Waals surface area contributed by atoms with Gasteiger partial charge in [0.05, 0.1) is 6.10 Å². The zero-order chi connectivity index (χ0) is 31.1. The van der Waals surface area contributed by atoms with Crippen molar-refractivity contribution < 1.29 is 24.2 Å². The largest absolute Gasteiger partial charge is 0.489 e. The van der Waals surface area contributed by atoms with Gasteiger partial charge >= 0.3 is 0 Å². The van der Waals surface area contributed by atoms with E-state index in [4.69, 9.17) is 4.74 Å². The predicted molar refractivity (Wildman–Crippen MR) is 169 cm³/mol. The molecule has 1 aliphatic carbocycles. The van der Waals surface area contributed by atoms with Crippen LogP contribution in [0.25, 0.3) is 0 Å². The van der Waals surface area contributed by atoms with E-state index in [2.05, 4.69) is 34.6 Å². The summed E-state index contributed by atoms with van der Waals surface area (Å²) in [6, 6.07) is 14.6. The van der Waals surface area contributed by atoms with Crippen LogP contribution in [0.1, 0.15) is 86.2 Å². The number of piperazine rings is 1. The molecular formula is C35H48N4O5. The molecule has 2 heterocycles. The Labute approximate surface area is 261 Å². The number of ether oxygens (including phenoxy) is 1. The number of hydrogen-bond donors (Lipinski definition) is 3. The molecule has 3 amide bonds. The second kappa shape index (κ2) is 14.6. The molecule has 0 bridgehead atoms. The normalized spacial score (nSPS) is 21.6. The van der Waals surface area contributed by atoms with E-state index in [1.54, 1.807) is 19.2 Å². The maximum Gasteiger partial charge on any atom is 0.251 e. The van der Waals surface area contributed by atoms with Gasteiger partial charge in [0.1, 0.15) is 23.9 Å². The number of nitrogens with one attached hydrogen (secondary N) is 2. The fourth-order valence-corrected chi connectivity index (χ4v) is 7.05. The van der Waals surface area contributed by atoms with Crippen molar-refractivity contribution in [3.05, 3.63) is 65.2 Å². The average molecular weight is 605 g/mol. The summed E-state index contributed by atoms with van der Waals surface area (Å²) in [5.74, 6) is 0.524. The Morgan fingerprint density at radius 2 is 1.68 bits per heavy atom. The van der Waals surface area contributed by atoms with Crippen LogP contribution in [0.2, 0.25) is 0 Å². The molecule has 0 unspecified atom stereocenters. The third kappa shape index (κ3) is 7.10. The third-order valence-electron chi connectivity index (χ3n) is 9.83. The fourth-order valence-electron chi connectivity index (χ4n) is 7.05. The first-order chi connectivity index (χ1) is 21.3. The number of aliphatic hydroxyl groups is 1. The van der Waals surface area contributed by atoms with E-state index in [1.165, 1.54) is 6.42 Å². The minimum Gasteiger partial charge on any atom is -0.489 e. The number of likely N-dealkylation sites (tertiary alicyclic amines) is 1. The lowest BCUT2D eigenvalue weighted by Gasteiger charge is -2.52. The predicted octanol–water partition coefficient (Wildman–Crippen LogP) is 4.03. The van der Waals surface area contributed by atoms with E-state index < -0.39 is 17.7 Å². The first kappa shape index (κ1) is 32.0. The lowest BCUT2D eigenvalue weighted by molar-refractivity contribution is -0.166. The quantitative estimate of drug-likeness (QED) is 0.357. The van der Waals surface area contributed by atoms with Crippen molar-refractivity contribution in [3.63, 3.8) is 0 Å². The van der Waals surface area contributed by atoms with Crippen LogP contribution in [0.4, 0.5) is 0 Å². The van der Waals surface area contributed by atoms with Crippen molar-refractivity contribution in [3.8, 4) is 5.75 Å². The molecular weight excluding hydrogens is 556 g/mol. The van der Waals surface area contributed by atoms with Crippen molar-refractivity contribution in [2.75, 3.05) is 26.7 Å². The Hall–Kier alpha value is -3.43. The van der Waals surface area contributed by atoms with Crippen LogP contribution in [0.5, 0.6) is 5.75 Å². The van der Waals surface area contributed by atoms with Gasteiger partial charge in [-0.2, -0.15) is 0 Å². The highest BCUT2D eigenvalue weighted by molar-refractivity contribution is 6.00. The monoisotopic (exact) mass is 604 g/mol. The molecule has 2 aromatic carbocycles. The van der Waals surface area contributed by atoms with Gasteiger partial charge in [0, 0.05) is 38.8 Å². The van der Waals surface area contributed by atoms with Crippen LogP contribution in [0, 0.1) is 5.92 Å². The summed E-state index contributed by atoms with van der Waals surface area (Å²) in [7, 11) is 1.61. The Bertz CT molecular complexity index is 1270. The first-order valence-electron chi connectivity index (χ1n) is 16.4. The van der Waals surface area contributed by atoms with Crippen molar-refractivity contribution in [1.82, 2.24) is 20.4 Å². The highest BCUT2D eigenvalue weighted by atomic mass is 16.5. The maximum absolute atomic E-state index is 13.8. The Kier molecular flexibility index (Phi) is 10.6. The van der Waals surface area contributed by atoms with E-state index in [0.717, 1.165) is 61.9 Å². The van der Waals surface area contributed by atoms with Gasteiger partial charge in [-0.15, -0.1) is 0 Å². The molecule has 238 valence electrons. The minimum absolute atomic E-state index is 0.0699. The smallest absolute Gasteiger partial charge is 0.251 e. The number of unbranched alkanes of at least 4 members (excludes halogenated alkanes) is 1. The summed E-state index contributed by atoms with van der Waals surface area (Å²) >= 11 is 0. The lowest BCUT2D eigenvalue weighted by Crippen LogP contribution is -2.75. The molecule has 0 radical (unpaired) electrons. The molecule has 3 fully saturated rings. The summed E-state index contributed by atoms with van der Waals surface area (Å²) in [6.07, 6.45) is 7.26. The van der Waals surface area contributed by atoms with Crippen LogP contribution in [0.15, 0.2) is 48.5 Å². The summed E-state index contributed by atoms with van der Waals surface area (Å²) in [6.45, 7) is 5.24. The molecule has 5 rings (SSSR count). The second-order valence-electron chi connectivity index (χ2n) is 12.7. The van der Waals surface area contributed by atoms with Gasteiger partial charge in [0.25, 0.3) is 5.91 Å². The Morgan fingerprint density at radius 1 is 1.02 bits per heavy atom. The van der Waals surface area contributed by atoms with E-state index in [0.29, 0.717) is 44.6 Å². The van der Waals surface area contributed by atoms with Crippen molar-refractivity contribution in [2.45, 2.75) is 95.5 Å². The summed E-state index contributed by atoms with van der Waals surface area (Å²) in [5.41, 5.74) is 1.91. The number of rotatable bonds is 11. The van der Waals surface area contributed by atoms with Crippen LogP contribution >= 0.6 is 0 Å². The van der Waals surface area contributed by atoms with Crippen molar-refractivity contribution in [1.29, 1.82) is 0 Å². The zero-order valence-corrected chi connectivity index (χ0v) is 26.2. The fraction of sp³-hybridized carbons (Fsp3) is 0.571. The zero-order valence-electron chi connectivity index (χ0n) is 26.2. The highest BCUT2D eigenvalue weighted by Gasteiger charge is 2.55. The Morgan fingerprint density at radius 3 is 2.32 bits per heavy atom. The van der Waals surface area contributed by atoms with Gasteiger partial charge in [-0.3, -0.25) is 19.3 Å². The molecule has 1 spiro atoms.